The Bertz CT molecular complexity index is 850. The van der Waals surface area contributed by atoms with Crippen LogP contribution in [0, 0.1) is 6.92 Å². The van der Waals surface area contributed by atoms with Crippen molar-refractivity contribution in [2.45, 2.75) is 32.9 Å². The average Bonchev–Trinajstić information content (AvgIpc) is 3.13. The molecule has 1 aliphatic rings. The number of carbonyl (C=O) groups is 2. The summed E-state index contributed by atoms with van der Waals surface area (Å²) in [5.41, 5.74) is 1.49. The van der Waals surface area contributed by atoms with Gasteiger partial charge in [-0.2, -0.15) is 5.10 Å². The minimum absolute atomic E-state index is 0.110. The van der Waals surface area contributed by atoms with E-state index in [9.17, 15) is 14.4 Å². The van der Waals surface area contributed by atoms with E-state index in [0.717, 1.165) is 28.9 Å². The molecule has 1 aromatic carbocycles. The van der Waals surface area contributed by atoms with Crippen LogP contribution in [0.3, 0.4) is 0 Å². The Hall–Kier alpha value is -2.90. The molecule has 0 bridgehead atoms. The third kappa shape index (κ3) is 3.62. The van der Waals surface area contributed by atoms with Crippen LogP contribution >= 0.6 is 0 Å². The lowest BCUT2D eigenvalue weighted by Crippen LogP contribution is -2.33. The molecule has 3 rings (SSSR count). The molecule has 1 fully saturated rings. The first-order valence-corrected chi connectivity index (χ1v) is 8.22. The standard InChI is InChI=1S/C17H21N5O3/c1-12-19-22(17(25)20(12)2)11-15(23)18-10-13-5-7-14(8-6-13)21-9-3-4-16(21)24/h5-8H,3-4,9-11H2,1-2H3,(H,18,23). The number of nitrogens with one attached hydrogen (secondary N) is 1. The van der Waals surface area contributed by atoms with Crippen molar-refractivity contribution >= 4 is 17.5 Å². The van der Waals surface area contributed by atoms with Crippen molar-refractivity contribution in [1.82, 2.24) is 19.7 Å². The Morgan fingerprint density at radius 3 is 2.52 bits per heavy atom. The van der Waals surface area contributed by atoms with E-state index in [1.165, 1.54) is 4.57 Å². The molecule has 0 aliphatic carbocycles. The van der Waals surface area contributed by atoms with Crippen molar-refractivity contribution in [2.75, 3.05) is 11.4 Å². The van der Waals surface area contributed by atoms with Gasteiger partial charge in [0.2, 0.25) is 11.8 Å². The monoisotopic (exact) mass is 343 g/mol. The largest absolute Gasteiger partial charge is 0.350 e. The fourth-order valence-corrected chi connectivity index (χ4v) is 2.81. The summed E-state index contributed by atoms with van der Waals surface area (Å²) >= 11 is 0. The molecule has 1 saturated heterocycles. The van der Waals surface area contributed by atoms with Gasteiger partial charge < -0.3 is 10.2 Å². The van der Waals surface area contributed by atoms with Crippen LogP contribution in [0.15, 0.2) is 29.1 Å². The van der Waals surface area contributed by atoms with Gasteiger partial charge in [0, 0.05) is 32.2 Å². The number of rotatable bonds is 5. The van der Waals surface area contributed by atoms with Gasteiger partial charge in [0.05, 0.1) is 0 Å². The molecule has 0 unspecified atom stereocenters. The van der Waals surface area contributed by atoms with Crippen molar-refractivity contribution in [1.29, 1.82) is 0 Å². The van der Waals surface area contributed by atoms with Crippen molar-refractivity contribution in [3.05, 3.63) is 46.1 Å². The number of anilines is 1. The molecular weight excluding hydrogens is 322 g/mol. The third-order valence-corrected chi connectivity index (χ3v) is 4.36. The van der Waals surface area contributed by atoms with Gasteiger partial charge in [0.25, 0.3) is 0 Å². The van der Waals surface area contributed by atoms with Crippen molar-refractivity contribution in [2.24, 2.45) is 7.05 Å². The van der Waals surface area contributed by atoms with Gasteiger partial charge in [-0.05, 0) is 31.0 Å². The van der Waals surface area contributed by atoms with E-state index in [-0.39, 0.29) is 24.0 Å². The zero-order valence-electron chi connectivity index (χ0n) is 14.4. The molecule has 8 nitrogen and oxygen atoms in total. The summed E-state index contributed by atoms with van der Waals surface area (Å²) in [4.78, 5) is 37.4. The first-order chi connectivity index (χ1) is 12.0. The van der Waals surface area contributed by atoms with Crippen molar-refractivity contribution in [3.8, 4) is 0 Å². The molecule has 2 aromatic rings. The molecule has 132 valence electrons. The number of carbonyl (C=O) groups excluding carboxylic acids is 2. The number of amides is 2. The first-order valence-electron chi connectivity index (χ1n) is 8.22. The normalized spacial score (nSPS) is 14.2. The van der Waals surface area contributed by atoms with Gasteiger partial charge in [-0.25, -0.2) is 9.48 Å². The van der Waals surface area contributed by atoms with Crippen LogP contribution in [0.4, 0.5) is 5.69 Å². The summed E-state index contributed by atoms with van der Waals surface area (Å²) in [6.07, 6.45) is 1.49. The van der Waals surface area contributed by atoms with Gasteiger partial charge in [0.1, 0.15) is 12.4 Å². The molecule has 0 saturated carbocycles. The minimum Gasteiger partial charge on any atom is -0.350 e. The van der Waals surface area contributed by atoms with E-state index < -0.39 is 0 Å². The van der Waals surface area contributed by atoms with Crippen LogP contribution in [-0.2, 0) is 29.7 Å². The van der Waals surface area contributed by atoms with E-state index in [2.05, 4.69) is 10.4 Å². The highest BCUT2D eigenvalue weighted by Crippen LogP contribution is 2.21. The number of nitrogens with zero attached hydrogens (tertiary/aromatic N) is 4. The summed E-state index contributed by atoms with van der Waals surface area (Å²) < 4.78 is 2.54. The van der Waals surface area contributed by atoms with Crippen LogP contribution in [0.2, 0.25) is 0 Å². The molecule has 0 atom stereocenters. The number of aromatic nitrogens is 3. The second kappa shape index (κ2) is 6.92. The smallest absolute Gasteiger partial charge is 0.346 e. The molecular formula is C17H21N5O3. The van der Waals surface area contributed by atoms with Crippen LogP contribution in [0.25, 0.3) is 0 Å². The lowest BCUT2D eigenvalue weighted by atomic mass is 10.2. The first kappa shape index (κ1) is 16.9. The maximum Gasteiger partial charge on any atom is 0.346 e. The molecule has 1 aliphatic heterocycles. The fraction of sp³-hybridized carbons (Fsp3) is 0.412. The molecule has 2 heterocycles. The number of hydrogen-bond acceptors (Lipinski definition) is 4. The summed E-state index contributed by atoms with van der Waals surface area (Å²) in [5, 5.41) is 6.81. The molecule has 0 radical (unpaired) electrons. The second-order valence-electron chi connectivity index (χ2n) is 6.14. The molecule has 1 N–H and O–H groups in total. The Morgan fingerprint density at radius 1 is 1.24 bits per heavy atom. The second-order valence-corrected chi connectivity index (χ2v) is 6.14. The predicted octanol–water partition coefficient (Wildman–Crippen LogP) is 0.333. The van der Waals surface area contributed by atoms with Gasteiger partial charge in [-0.1, -0.05) is 12.1 Å². The van der Waals surface area contributed by atoms with E-state index >= 15 is 0 Å². The fourth-order valence-electron chi connectivity index (χ4n) is 2.81. The predicted molar refractivity (Wildman–Crippen MR) is 92.1 cm³/mol. The number of hydrogen-bond donors (Lipinski definition) is 1. The van der Waals surface area contributed by atoms with E-state index in [0.29, 0.717) is 18.8 Å². The Labute approximate surface area is 145 Å². The van der Waals surface area contributed by atoms with Crippen LogP contribution in [0.5, 0.6) is 0 Å². The highest BCUT2D eigenvalue weighted by molar-refractivity contribution is 5.95. The quantitative estimate of drug-likeness (QED) is 0.847. The lowest BCUT2D eigenvalue weighted by molar-refractivity contribution is -0.122. The third-order valence-electron chi connectivity index (χ3n) is 4.36. The maximum absolute atomic E-state index is 12.0. The Balaban J connectivity index is 1.56. The molecule has 1 aromatic heterocycles. The zero-order chi connectivity index (χ0) is 18.0. The summed E-state index contributed by atoms with van der Waals surface area (Å²) in [5.74, 6) is 0.431. The van der Waals surface area contributed by atoms with E-state index in [1.807, 2.05) is 24.3 Å². The topological polar surface area (TPSA) is 89.2 Å². The van der Waals surface area contributed by atoms with Gasteiger partial charge in [-0.3, -0.25) is 14.2 Å². The Kier molecular flexibility index (Phi) is 4.69. The summed E-state index contributed by atoms with van der Waals surface area (Å²) in [6, 6.07) is 7.55. The minimum atomic E-state index is -0.313. The number of benzene rings is 1. The summed E-state index contributed by atoms with van der Waals surface area (Å²) in [7, 11) is 1.62. The zero-order valence-corrected chi connectivity index (χ0v) is 14.4. The number of aryl methyl sites for hydroxylation is 1. The molecule has 0 spiro atoms. The molecule has 8 heteroatoms. The van der Waals surface area contributed by atoms with E-state index in [4.69, 9.17) is 0 Å². The SMILES string of the molecule is Cc1nn(CC(=O)NCc2ccc(N3CCCC3=O)cc2)c(=O)n1C. The average molecular weight is 343 g/mol. The highest BCUT2D eigenvalue weighted by atomic mass is 16.2. The lowest BCUT2D eigenvalue weighted by Gasteiger charge is -2.16. The molecule has 2 amide bonds. The van der Waals surface area contributed by atoms with Gasteiger partial charge >= 0.3 is 5.69 Å². The molecule has 25 heavy (non-hydrogen) atoms. The highest BCUT2D eigenvalue weighted by Gasteiger charge is 2.21. The van der Waals surface area contributed by atoms with Crippen molar-refractivity contribution < 1.29 is 9.59 Å². The van der Waals surface area contributed by atoms with Crippen LogP contribution in [0.1, 0.15) is 24.2 Å². The Morgan fingerprint density at radius 2 is 1.96 bits per heavy atom. The van der Waals surface area contributed by atoms with E-state index in [1.54, 1.807) is 18.9 Å². The summed E-state index contributed by atoms with van der Waals surface area (Å²) in [6.45, 7) is 2.71. The van der Waals surface area contributed by atoms with Crippen LogP contribution < -0.4 is 15.9 Å². The van der Waals surface area contributed by atoms with Gasteiger partial charge in [-0.15, -0.1) is 0 Å². The maximum atomic E-state index is 12.0. The van der Waals surface area contributed by atoms with Crippen molar-refractivity contribution in [3.63, 3.8) is 0 Å². The van der Waals surface area contributed by atoms with Crippen LogP contribution in [-0.4, -0.2) is 32.7 Å². The van der Waals surface area contributed by atoms with Gasteiger partial charge in [0.15, 0.2) is 0 Å².